The highest BCUT2D eigenvalue weighted by Gasteiger charge is 2.34. The van der Waals surface area contributed by atoms with E-state index in [0.717, 1.165) is 11.1 Å². The van der Waals surface area contributed by atoms with Crippen molar-refractivity contribution in [2.75, 3.05) is 6.54 Å². The number of primary amides is 1. The molecule has 1 aliphatic rings. The number of nitrogens with one attached hydrogen (secondary N) is 1. The Morgan fingerprint density at radius 3 is 2.38 bits per heavy atom. The van der Waals surface area contributed by atoms with Gasteiger partial charge in [-0.2, -0.15) is 0 Å². The van der Waals surface area contributed by atoms with Crippen LogP contribution < -0.4 is 5.73 Å². The standard InChI is InChI=1S/C23H21Cl2N3O5S/c1-12-19(23(31)28-6-2-3-13-7-17(29)5-4-14(13)11-28)27-20(22(26)30)21(12)34(32,33)18-9-15(24)8-16(25)10-18/h4-5,7-10,27,29H,2-3,6,11H2,1H3,(H2,26,30). The van der Waals surface area contributed by atoms with Gasteiger partial charge in [-0.15, -0.1) is 0 Å². The maximum atomic E-state index is 13.5. The number of phenols is 1. The van der Waals surface area contributed by atoms with Crippen molar-refractivity contribution in [1.82, 2.24) is 9.88 Å². The lowest BCUT2D eigenvalue weighted by Gasteiger charge is -2.21. The van der Waals surface area contributed by atoms with Gasteiger partial charge in [0.1, 0.15) is 22.0 Å². The van der Waals surface area contributed by atoms with Gasteiger partial charge in [0.25, 0.3) is 11.8 Å². The lowest BCUT2D eigenvalue weighted by molar-refractivity contribution is 0.0740. The Bertz CT molecular complexity index is 1410. The average molecular weight is 522 g/mol. The van der Waals surface area contributed by atoms with Crippen molar-refractivity contribution >= 4 is 44.9 Å². The van der Waals surface area contributed by atoms with Crippen LogP contribution in [0.3, 0.4) is 0 Å². The molecule has 0 fully saturated rings. The average Bonchev–Trinajstić information content (AvgIpc) is 2.97. The molecule has 2 heterocycles. The molecule has 0 radical (unpaired) electrons. The fourth-order valence-corrected chi connectivity index (χ4v) is 6.56. The van der Waals surface area contributed by atoms with Gasteiger partial charge in [0.2, 0.25) is 9.84 Å². The zero-order chi connectivity index (χ0) is 24.8. The smallest absolute Gasteiger partial charge is 0.270 e. The number of amides is 2. The summed E-state index contributed by atoms with van der Waals surface area (Å²) >= 11 is 12.0. The number of aromatic nitrogens is 1. The van der Waals surface area contributed by atoms with Crippen molar-refractivity contribution in [3.05, 3.63) is 74.5 Å². The molecule has 3 aromatic rings. The molecule has 11 heteroatoms. The SMILES string of the molecule is Cc1c(C(=O)N2CCCc3cc(O)ccc3C2)[nH]c(C(N)=O)c1S(=O)(=O)c1cc(Cl)cc(Cl)c1. The fraction of sp³-hybridized carbons (Fsp3) is 0.217. The molecule has 8 nitrogen and oxygen atoms in total. The maximum absolute atomic E-state index is 13.5. The molecule has 0 atom stereocenters. The molecule has 4 N–H and O–H groups in total. The Labute approximate surface area is 206 Å². The highest BCUT2D eigenvalue weighted by atomic mass is 35.5. The molecule has 2 aromatic carbocycles. The first-order chi connectivity index (χ1) is 16.0. The first-order valence-corrected chi connectivity index (χ1v) is 12.6. The number of fused-ring (bicyclic) bond motifs is 1. The molecule has 0 bridgehead atoms. The highest BCUT2D eigenvalue weighted by molar-refractivity contribution is 7.91. The van der Waals surface area contributed by atoms with Crippen LogP contribution in [-0.4, -0.2) is 41.8 Å². The van der Waals surface area contributed by atoms with E-state index in [2.05, 4.69) is 4.98 Å². The number of carbonyl (C=O) groups is 2. The number of nitrogens with two attached hydrogens (primary N) is 1. The van der Waals surface area contributed by atoms with Crippen molar-refractivity contribution in [2.24, 2.45) is 5.73 Å². The summed E-state index contributed by atoms with van der Waals surface area (Å²) in [5.41, 5.74) is 6.94. The first-order valence-electron chi connectivity index (χ1n) is 10.3. The summed E-state index contributed by atoms with van der Waals surface area (Å²) in [7, 11) is -4.29. The van der Waals surface area contributed by atoms with Gasteiger partial charge in [0.15, 0.2) is 0 Å². The summed E-state index contributed by atoms with van der Waals surface area (Å²) in [6, 6.07) is 8.79. The Morgan fingerprint density at radius 2 is 1.74 bits per heavy atom. The quantitative estimate of drug-likeness (QED) is 0.479. The molecule has 0 unspecified atom stereocenters. The second kappa shape index (κ2) is 8.98. The minimum Gasteiger partial charge on any atom is -0.508 e. The van der Waals surface area contributed by atoms with Gasteiger partial charge in [-0.3, -0.25) is 9.59 Å². The summed E-state index contributed by atoms with van der Waals surface area (Å²) in [5, 5.41) is 9.96. The van der Waals surface area contributed by atoms with Crippen LogP contribution in [0.2, 0.25) is 10.0 Å². The lowest BCUT2D eigenvalue weighted by atomic mass is 10.0. The minimum atomic E-state index is -4.29. The molecule has 4 rings (SSSR count). The van der Waals surface area contributed by atoms with Crippen LogP contribution in [0.5, 0.6) is 5.75 Å². The van der Waals surface area contributed by atoms with E-state index in [1.54, 1.807) is 23.1 Å². The summed E-state index contributed by atoms with van der Waals surface area (Å²) in [6.07, 6.45) is 1.33. The van der Waals surface area contributed by atoms with E-state index >= 15 is 0 Å². The van der Waals surface area contributed by atoms with Gasteiger partial charge in [0, 0.05) is 23.1 Å². The maximum Gasteiger partial charge on any atom is 0.270 e. The zero-order valence-electron chi connectivity index (χ0n) is 18.1. The number of hydrogen-bond acceptors (Lipinski definition) is 5. The van der Waals surface area contributed by atoms with Gasteiger partial charge < -0.3 is 20.7 Å². The van der Waals surface area contributed by atoms with Gasteiger partial charge in [0.05, 0.1) is 4.90 Å². The van der Waals surface area contributed by atoms with Crippen molar-refractivity contribution in [3.63, 3.8) is 0 Å². The van der Waals surface area contributed by atoms with Crippen molar-refractivity contribution in [1.29, 1.82) is 0 Å². The Kier molecular flexibility index (Phi) is 6.37. The third kappa shape index (κ3) is 4.38. The van der Waals surface area contributed by atoms with E-state index in [-0.39, 0.29) is 43.4 Å². The molecule has 1 aliphatic heterocycles. The Hall–Kier alpha value is -3.01. The van der Waals surface area contributed by atoms with Crippen LogP contribution in [0.1, 0.15) is 44.1 Å². The van der Waals surface area contributed by atoms with Crippen molar-refractivity contribution in [2.45, 2.75) is 36.1 Å². The number of halogens is 2. The summed E-state index contributed by atoms with van der Waals surface area (Å²) in [4.78, 5) is 29.3. The monoisotopic (exact) mass is 521 g/mol. The van der Waals surface area contributed by atoms with Crippen LogP contribution in [0.15, 0.2) is 46.2 Å². The predicted octanol–water partition coefficient (Wildman–Crippen LogP) is 3.86. The molecular weight excluding hydrogens is 501 g/mol. The topological polar surface area (TPSA) is 134 Å². The lowest BCUT2D eigenvalue weighted by Crippen LogP contribution is -2.31. The molecule has 178 valence electrons. The predicted molar refractivity (Wildman–Crippen MR) is 127 cm³/mol. The van der Waals surface area contributed by atoms with E-state index in [0.29, 0.717) is 19.4 Å². The van der Waals surface area contributed by atoms with E-state index in [9.17, 15) is 23.1 Å². The molecular formula is C23H21Cl2N3O5S. The number of H-pyrrole nitrogens is 1. The highest BCUT2D eigenvalue weighted by Crippen LogP contribution is 2.33. The number of benzene rings is 2. The number of nitrogens with zero attached hydrogens (tertiary/aromatic N) is 1. The molecule has 34 heavy (non-hydrogen) atoms. The minimum absolute atomic E-state index is 0.0391. The number of aromatic amines is 1. The third-order valence-electron chi connectivity index (χ3n) is 5.78. The van der Waals surface area contributed by atoms with Gasteiger partial charge in [-0.05, 0) is 66.8 Å². The van der Waals surface area contributed by atoms with E-state index in [1.807, 2.05) is 0 Å². The van der Waals surface area contributed by atoms with Gasteiger partial charge in [-0.1, -0.05) is 29.3 Å². The molecule has 0 saturated heterocycles. The summed E-state index contributed by atoms with van der Waals surface area (Å²) in [5.74, 6) is -1.34. The number of aryl methyl sites for hydroxylation is 1. The molecule has 2 amide bonds. The normalized spacial score (nSPS) is 13.9. The van der Waals surface area contributed by atoms with Crippen molar-refractivity contribution in [3.8, 4) is 5.75 Å². The second-order valence-electron chi connectivity index (χ2n) is 8.09. The van der Waals surface area contributed by atoms with Crippen LogP contribution in [0.25, 0.3) is 0 Å². The number of aromatic hydroxyl groups is 1. The molecule has 0 saturated carbocycles. The van der Waals surface area contributed by atoms with E-state index in [4.69, 9.17) is 28.9 Å². The van der Waals surface area contributed by atoms with E-state index < -0.39 is 27.3 Å². The summed E-state index contributed by atoms with van der Waals surface area (Å²) < 4.78 is 26.9. The van der Waals surface area contributed by atoms with Crippen LogP contribution >= 0.6 is 23.2 Å². The number of rotatable bonds is 4. The molecule has 0 aliphatic carbocycles. The number of hydrogen-bond donors (Lipinski definition) is 3. The molecule has 1 aromatic heterocycles. The number of sulfone groups is 1. The van der Waals surface area contributed by atoms with Gasteiger partial charge >= 0.3 is 0 Å². The molecule has 0 spiro atoms. The van der Waals surface area contributed by atoms with Crippen LogP contribution in [0.4, 0.5) is 0 Å². The van der Waals surface area contributed by atoms with Crippen LogP contribution in [-0.2, 0) is 22.8 Å². The Balaban J connectivity index is 1.78. The number of phenolic OH excluding ortho intramolecular Hbond substituents is 1. The Morgan fingerprint density at radius 1 is 1.06 bits per heavy atom. The van der Waals surface area contributed by atoms with E-state index in [1.165, 1.54) is 25.1 Å². The summed E-state index contributed by atoms with van der Waals surface area (Å²) in [6.45, 7) is 2.12. The largest absolute Gasteiger partial charge is 0.508 e. The van der Waals surface area contributed by atoms with Crippen molar-refractivity contribution < 1.29 is 23.1 Å². The zero-order valence-corrected chi connectivity index (χ0v) is 20.4. The van der Waals surface area contributed by atoms with Crippen LogP contribution in [0, 0.1) is 6.92 Å². The number of carbonyl (C=O) groups excluding carboxylic acids is 2. The second-order valence-corrected chi connectivity index (χ2v) is 10.8. The third-order valence-corrected chi connectivity index (χ3v) is 8.12. The fourth-order valence-electron chi connectivity index (χ4n) is 4.18. The van der Waals surface area contributed by atoms with Gasteiger partial charge in [-0.25, -0.2) is 8.42 Å². The first kappa shape index (κ1) is 24.1.